The third-order valence-corrected chi connectivity index (χ3v) is 10.0. The van der Waals surface area contributed by atoms with E-state index in [0.717, 1.165) is 12.8 Å². The smallest absolute Gasteiger partial charge is 0.337 e. The van der Waals surface area contributed by atoms with Gasteiger partial charge in [-0.2, -0.15) is 0 Å². The molecule has 2 aromatic rings. The van der Waals surface area contributed by atoms with Gasteiger partial charge in [0.1, 0.15) is 11.5 Å². The first-order chi connectivity index (χ1) is 17.0. The lowest BCUT2D eigenvalue weighted by atomic mass is 9.42. The Hall–Kier alpha value is -2.17. The van der Waals surface area contributed by atoms with Crippen LogP contribution in [-0.2, 0) is 14.9 Å². The zero-order valence-corrected chi connectivity index (χ0v) is 21.0. The third-order valence-electron chi connectivity index (χ3n) is 10.0. The standard InChI is InChI=1S/C27H34N2O7/c1-25(2)10-9-17(35-3)18-14-7-6-13-20-21(26(14,22(13)30)27(33,34)23(31)19(18)25)29-15-8-5-12(24(32)36-4)11-16(15)28-20/h5,8,11,13-14,17-19,22-23,30-31,33-34H,6-7,9-10H2,1-4H3/t13-,14?,17-,18?,19?,22?,23-,26-/m0/s1. The summed E-state index contributed by atoms with van der Waals surface area (Å²) >= 11 is 0. The van der Waals surface area contributed by atoms with Crippen molar-refractivity contribution in [2.75, 3.05) is 14.2 Å². The molecule has 1 aromatic heterocycles. The molecule has 3 fully saturated rings. The highest BCUT2D eigenvalue weighted by molar-refractivity contribution is 5.93. The number of ether oxygens (including phenoxy) is 2. The molecule has 9 heteroatoms. The van der Waals surface area contributed by atoms with Crippen LogP contribution in [0, 0.1) is 23.2 Å². The second-order valence-corrected chi connectivity index (χ2v) is 11.8. The van der Waals surface area contributed by atoms with Crippen molar-refractivity contribution in [2.45, 2.75) is 75.0 Å². The van der Waals surface area contributed by atoms with Crippen LogP contribution in [0.4, 0.5) is 0 Å². The van der Waals surface area contributed by atoms with Crippen LogP contribution >= 0.6 is 0 Å². The Bertz CT molecular complexity index is 1250. The fourth-order valence-electron chi connectivity index (χ4n) is 8.46. The van der Waals surface area contributed by atoms with E-state index in [1.807, 2.05) is 0 Å². The predicted octanol–water partition coefficient (Wildman–Crippen LogP) is 1.65. The van der Waals surface area contributed by atoms with Crippen molar-refractivity contribution in [1.29, 1.82) is 0 Å². The Morgan fingerprint density at radius 2 is 1.78 bits per heavy atom. The van der Waals surface area contributed by atoms with E-state index in [4.69, 9.17) is 19.4 Å². The van der Waals surface area contributed by atoms with E-state index in [-0.39, 0.29) is 23.4 Å². The average Bonchev–Trinajstić information content (AvgIpc) is 2.98. The zero-order valence-electron chi connectivity index (χ0n) is 21.0. The molecule has 8 atom stereocenters. The Morgan fingerprint density at radius 1 is 1.03 bits per heavy atom. The predicted molar refractivity (Wildman–Crippen MR) is 128 cm³/mol. The van der Waals surface area contributed by atoms with Crippen molar-refractivity contribution < 1.29 is 34.7 Å². The lowest BCUT2D eigenvalue weighted by Gasteiger charge is -2.65. The summed E-state index contributed by atoms with van der Waals surface area (Å²) in [5.74, 6) is -4.57. The van der Waals surface area contributed by atoms with Gasteiger partial charge in [-0.3, -0.25) is 0 Å². The average molecular weight is 499 g/mol. The van der Waals surface area contributed by atoms with Crippen LogP contribution in [0.3, 0.4) is 0 Å². The first-order valence-electron chi connectivity index (χ1n) is 12.7. The lowest BCUT2D eigenvalue weighted by molar-refractivity contribution is -0.360. The summed E-state index contributed by atoms with van der Waals surface area (Å²) in [6.45, 7) is 4.12. The normalized spacial score (nSPS) is 39.7. The Balaban J connectivity index is 1.59. The second-order valence-electron chi connectivity index (χ2n) is 11.8. The second kappa shape index (κ2) is 7.68. The van der Waals surface area contributed by atoms with E-state index in [9.17, 15) is 25.2 Å². The van der Waals surface area contributed by atoms with Crippen LogP contribution in [0.5, 0.6) is 0 Å². The summed E-state index contributed by atoms with van der Waals surface area (Å²) in [5.41, 5.74) is 0.141. The fourth-order valence-corrected chi connectivity index (χ4v) is 8.46. The third kappa shape index (κ3) is 2.75. The lowest BCUT2D eigenvalue weighted by Crippen LogP contribution is -2.77. The monoisotopic (exact) mass is 498 g/mol. The minimum absolute atomic E-state index is 0.181. The highest BCUT2D eigenvalue weighted by Gasteiger charge is 2.78. The molecule has 1 heterocycles. The topological polar surface area (TPSA) is 142 Å². The highest BCUT2D eigenvalue weighted by Crippen LogP contribution is 2.69. The highest BCUT2D eigenvalue weighted by atomic mass is 16.5. The van der Waals surface area contributed by atoms with E-state index in [1.165, 1.54) is 7.11 Å². The molecule has 0 aliphatic heterocycles. The summed E-state index contributed by atoms with van der Waals surface area (Å²) in [6, 6.07) is 4.83. The number of benzene rings is 1. The van der Waals surface area contributed by atoms with E-state index in [1.54, 1.807) is 25.3 Å². The number of hydrogen-bond donors (Lipinski definition) is 4. The molecule has 194 valence electrons. The molecule has 4 N–H and O–H groups in total. The summed E-state index contributed by atoms with van der Waals surface area (Å²) in [6.07, 6.45) is -0.0743. The van der Waals surface area contributed by atoms with Crippen LogP contribution in [0.15, 0.2) is 18.2 Å². The van der Waals surface area contributed by atoms with Gasteiger partial charge < -0.3 is 29.9 Å². The number of esters is 1. The van der Waals surface area contributed by atoms with Gasteiger partial charge in [0.05, 0.1) is 47.3 Å². The largest absolute Gasteiger partial charge is 0.465 e. The molecule has 0 radical (unpaired) electrons. The Kier molecular flexibility index (Phi) is 5.16. The van der Waals surface area contributed by atoms with E-state index in [2.05, 4.69) is 13.8 Å². The van der Waals surface area contributed by atoms with E-state index in [0.29, 0.717) is 40.8 Å². The number of methoxy groups -OCH3 is 2. The Morgan fingerprint density at radius 3 is 2.47 bits per heavy atom. The molecule has 4 unspecified atom stereocenters. The summed E-state index contributed by atoms with van der Waals surface area (Å²) < 4.78 is 10.8. The summed E-state index contributed by atoms with van der Waals surface area (Å²) in [5, 5.41) is 47.2. The molecular weight excluding hydrogens is 464 g/mol. The minimum atomic E-state index is -2.62. The molecular formula is C27H34N2O7. The summed E-state index contributed by atoms with van der Waals surface area (Å²) in [7, 11) is 2.97. The van der Waals surface area contributed by atoms with Gasteiger partial charge in [0.15, 0.2) is 0 Å². The van der Waals surface area contributed by atoms with Crippen molar-refractivity contribution in [3.8, 4) is 0 Å². The first-order valence-corrected chi connectivity index (χ1v) is 12.7. The Labute approximate surface area is 209 Å². The molecule has 0 saturated heterocycles. The quantitative estimate of drug-likeness (QED) is 0.359. The van der Waals surface area contributed by atoms with Crippen molar-refractivity contribution in [2.24, 2.45) is 23.2 Å². The van der Waals surface area contributed by atoms with Gasteiger partial charge >= 0.3 is 5.97 Å². The molecule has 4 aliphatic carbocycles. The van der Waals surface area contributed by atoms with Crippen LogP contribution in [-0.4, -0.2) is 74.7 Å². The van der Waals surface area contributed by atoms with Crippen molar-refractivity contribution in [1.82, 2.24) is 9.97 Å². The minimum Gasteiger partial charge on any atom is -0.465 e. The number of rotatable bonds is 2. The molecule has 36 heavy (non-hydrogen) atoms. The molecule has 9 nitrogen and oxygen atoms in total. The van der Waals surface area contributed by atoms with Crippen molar-refractivity contribution in [3.05, 3.63) is 35.2 Å². The fraction of sp³-hybridized carbons (Fsp3) is 0.667. The van der Waals surface area contributed by atoms with Crippen molar-refractivity contribution >= 4 is 17.0 Å². The number of aliphatic hydroxyl groups is 4. The van der Waals surface area contributed by atoms with Crippen LogP contribution in [0.1, 0.15) is 67.2 Å². The van der Waals surface area contributed by atoms with Gasteiger partial charge in [0.2, 0.25) is 5.79 Å². The molecule has 4 aliphatic rings. The molecule has 1 aromatic carbocycles. The van der Waals surface area contributed by atoms with Gasteiger partial charge in [-0.25, -0.2) is 14.8 Å². The number of nitrogens with zero attached hydrogens (tertiary/aromatic N) is 2. The van der Waals surface area contributed by atoms with Crippen LogP contribution in [0.25, 0.3) is 11.0 Å². The van der Waals surface area contributed by atoms with Gasteiger partial charge in [-0.1, -0.05) is 13.8 Å². The maximum Gasteiger partial charge on any atom is 0.337 e. The van der Waals surface area contributed by atoms with E-state index < -0.39 is 41.2 Å². The number of aromatic nitrogens is 2. The van der Waals surface area contributed by atoms with Crippen LogP contribution < -0.4 is 0 Å². The summed E-state index contributed by atoms with van der Waals surface area (Å²) in [4.78, 5) is 21.7. The number of carbonyl (C=O) groups excluding carboxylic acids is 1. The number of hydrogen-bond acceptors (Lipinski definition) is 9. The molecule has 3 saturated carbocycles. The molecule has 0 amide bonds. The van der Waals surface area contributed by atoms with Crippen molar-refractivity contribution in [3.63, 3.8) is 0 Å². The SMILES string of the molecule is COC(=O)c1ccc2nc3c(nc2c1)[C@@H]1CCC2C4C([C@H](O)C(O)(O)[C@]32C1O)C(C)(C)CC[C@@H]4OC. The molecule has 6 rings (SSSR count). The van der Waals surface area contributed by atoms with Gasteiger partial charge in [0.25, 0.3) is 0 Å². The molecule has 1 spiro atoms. The zero-order chi connectivity index (χ0) is 25.8. The maximum atomic E-state index is 12.1. The molecule has 2 bridgehead atoms. The number of carbonyl (C=O) groups is 1. The van der Waals surface area contributed by atoms with Crippen LogP contribution in [0.2, 0.25) is 0 Å². The van der Waals surface area contributed by atoms with Gasteiger partial charge in [0, 0.05) is 18.9 Å². The van der Waals surface area contributed by atoms with Gasteiger partial charge in [-0.15, -0.1) is 0 Å². The van der Waals surface area contributed by atoms with Gasteiger partial charge in [-0.05, 0) is 61.1 Å². The number of fused-ring (bicyclic) bond motifs is 6. The number of aliphatic hydroxyl groups excluding tert-OH is 2. The maximum absolute atomic E-state index is 12.1. The van der Waals surface area contributed by atoms with E-state index >= 15 is 0 Å². The first kappa shape index (κ1) is 24.2.